The lowest BCUT2D eigenvalue weighted by Crippen LogP contribution is -2.33. The molecule has 2 aromatic heterocycles. The van der Waals surface area contributed by atoms with E-state index in [1.807, 2.05) is 54.6 Å². The smallest absolute Gasteiger partial charge is 0.283 e. The van der Waals surface area contributed by atoms with E-state index in [2.05, 4.69) is 20.3 Å². The summed E-state index contributed by atoms with van der Waals surface area (Å²) in [6, 6.07) is 23.1. The largest absolute Gasteiger partial charge is 0.497 e. The molecule has 0 bridgehead atoms. The first-order chi connectivity index (χ1) is 15.9. The Morgan fingerprint density at radius 3 is 2.58 bits per heavy atom. The zero-order chi connectivity index (χ0) is 23.0. The molecule has 0 saturated heterocycles. The highest BCUT2D eigenvalue weighted by Crippen LogP contribution is 2.31. The summed E-state index contributed by atoms with van der Waals surface area (Å²) in [6.07, 6.45) is 1.17. The first-order valence-electron chi connectivity index (χ1n) is 10.7. The van der Waals surface area contributed by atoms with Crippen LogP contribution >= 0.6 is 0 Å². The lowest BCUT2D eigenvalue weighted by atomic mass is 10.1. The first-order valence-corrected chi connectivity index (χ1v) is 12.2. The zero-order valence-corrected chi connectivity index (χ0v) is 18.9. The maximum atomic E-state index is 12.5. The molecule has 0 radical (unpaired) electrons. The number of rotatable bonds is 7. The van der Waals surface area contributed by atoms with Crippen LogP contribution in [0.4, 0.5) is 0 Å². The number of sulfonamides is 1. The molecule has 0 atom stereocenters. The van der Waals surface area contributed by atoms with Gasteiger partial charge in [0.1, 0.15) is 11.4 Å². The summed E-state index contributed by atoms with van der Waals surface area (Å²) in [5.41, 5.74) is 3.79. The van der Waals surface area contributed by atoms with Crippen molar-refractivity contribution < 1.29 is 17.9 Å². The molecule has 2 aromatic carbocycles. The number of nitrogens with zero attached hydrogens (tertiary/aromatic N) is 2. The standard InChI is InChI=1S/C25H23N3O4S/c1-32-20-10-13-23-18(14-20)15-24(17-6-3-2-4-7-17)28(23)16-19-8-5-9-22(26-19)25(29)27-33(30,31)21-11-12-21/h2-10,13-15,21H,11-12,16H2,1H3,(H,27,29). The van der Waals surface area contributed by atoms with Gasteiger partial charge in [0.05, 0.1) is 24.6 Å². The van der Waals surface area contributed by atoms with Gasteiger partial charge in [-0.25, -0.2) is 18.1 Å². The molecule has 2 heterocycles. The third-order valence-electron chi connectivity index (χ3n) is 5.74. The molecule has 1 aliphatic carbocycles. The van der Waals surface area contributed by atoms with Gasteiger partial charge in [-0.1, -0.05) is 36.4 Å². The molecule has 1 saturated carbocycles. The number of hydrogen-bond donors (Lipinski definition) is 1. The summed E-state index contributed by atoms with van der Waals surface area (Å²) in [5, 5.41) is 0.555. The Morgan fingerprint density at radius 1 is 1.06 bits per heavy atom. The predicted octanol–water partition coefficient (Wildman–Crippen LogP) is 3.98. The molecule has 8 heteroatoms. The van der Waals surface area contributed by atoms with Gasteiger partial charge in [-0.15, -0.1) is 0 Å². The molecule has 7 nitrogen and oxygen atoms in total. The normalized spacial score (nSPS) is 13.7. The van der Waals surface area contributed by atoms with Gasteiger partial charge in [-0.2, -0.15) is 0 Å². The van der Waals surface area contributed by atoms with Crippen molar-refractivity contribution in [2.75, 3.05) is 7.11 Å². The molecule has 5 rings (SSSR count). The molecule has 1 aliphatic rings. The minimum absolute atomic E-state index is 0.0797. The highest BCUT2D eigenvalue weighted by atomic mass is 32.2. The van der Waals surface area contributed by atoms with Crippen LogP contribution in [0.15, 0.2) is 72.8 Å². The predicted molar refractivity (Wildman–Crippen MR) is 127 cm³/mol. The maximum absolute atomic E-state index is 12.5. The number of aromatic nitrogens is 2. The summed E-state index contributed by atoms with van der Waals surface area (Å²) < 4.78 is 34.0. The highest BCUT2D eigenvalue weighted by molar-refractivity contribution is 7.91. The van der Waals surface area contributed by atoms with Crippen molar-refractivity contribution in [3.05, 3.63) is 84.2 Å². The second kappa shape index (κ2) is 8.37. The second-order valence-corrected chi connectivity index (χ2v) is 10.1. The van der Waals surface area contributed by atoms with Gasteiger partial charge >= 0.3 is 0 Å². The molecule has 168 valence electrons. The fourth-order valence-electron chi connectivity index (χ4n) is 3.89. The van der Waals surface area contributed by atoms with Crippen LogP contribution in [0, 0.1) is 0 Å². The Hall–Kier alpha value is -3.65. The van der Waals surface area contributed by atoms with Crippen LogP contribution in [0.5, 0.6) is 5.75 Å². The fraction of sp³-hybridized carbons (Fsp3) is 0.200. The SMILES string of the molecule is COc1ccc2c(c1)cc(-c1ccccc1)n2Cc1cccc(C(=O)NS(=O)(=O)C2CC2)n1. The van der Waals surface area contributed by atoms with Crippen LogP contribution in [0.2, 0.25) is 0 Å². The van der Waals surface area contributed by atoms with E-state index in [4.69, 9.17) is 4.74 Å². The monoisotopic (exact) mass is 461 g/mol. The Labute approximate surface area is 192 Å². The average Bonchev–Trinajstić information content (AvgIpc) is 3.63. The van der Waals surface area contributed by atoms with E-state index < -0.39 is 21.2 Å². The third kappa shape index (κ3) is 4.34. The van der Waals surface area contributed by atoms with Crippen molar-refractivity contribution in [1.82, 2.24) is 14.3 Å². The number of ether oxygens (including phenoxy) is 1. The van der Waals surface area contributed by atoms with Crippen LogP contribution < -0.4 is 9.46 Å². The molecule has 33 heavy (non-hydrogen) atoms. The number of methoxy groups -OCH3 is 1. The molecule has 1 amide bonds. The third-order valence-corrected chi connectivity index (χ3v) is 7.55. The van der Waals surface area contributed by atoms with Crippen LogP contribution in [0.1, 0.15) is 29.0 Å². The molecule has 4 aromatic rings. The Bertz CT molecular complexity index is 1440. The van der Waals surface area contributed by atoms with E-state index in [0.29, 0.717) is 25.1 Å². The van der Waals surface area contributed by atoms with Gasteiger partial charge in [-0.3, -0.25) is 4.79 Å². The van der Waals surface area contributed by atoms with Gasteiger partial charge in [0.15, 0.2) is 0 Å². The minimum atomic E-state index is -3.63. The van der Waals surface area contributed by atoms with E-state index in [9.17, 15) is 13.2 Å². The lowest BCUT2D eigenvalue weighted by Gasteiger charge is -2.12. The van der Waals surface area contributed by atoms with E-state index in [1.54, 1.807) is 13.2 Å². The average molecular weight is 462 g/mol. The quantitative estimate of drug-likeness (QED) is 0.450. The molecule has 0 spiro atoms. The van der Waals surface area contributed by atoms with Crippen LogP contribution in [0.3, 0.4) is 0 Å². The molecular weight excluding hydrogens is 438 g/mol. The number of nitrogens with one attached hydrogen (secondary N) is 1. The minimum Gasteiger partial charge on any atom is -0.497 e. The highest BCUT2D eigenvalue weighted by Gasteiger charge is 2.37. The summed E-state index contributed by atoms with van der Waals surface area (Å²) in [5.74, 6) is 0.0714. The summed E-state index contributed by atoms with van der Waals surface area (Å²) in [6.45, 7) is 0.413. The van der Waals surface area contributed by atoms with Gasteiger partial charge in [-0.05, 0) is 54.8 Å². The van der Waals surface area contributed by atoms with Crippen LogP contribution in [0.25, 0.3) is 22.2 Å². The Morgan fingerprint density at radius 2 is 1.85 bits per heavy atom. The van der Waals surface area contributed by atoms with E-state index in [0.717, 1.165) is 27.9 Å². The van der Waals surface area contributed by atoms with Crippen molar-refractivity contribution in [3.8, 4) is 17.0 Å². The number of carbonyl (C=O) groups is 1. The summed E-state index contributed by atoms with van der Waals surface area (Å²) in [4.78, 5) is 17.0. The lowest BCUT2D eigenvalue weighted by molar-refractivity contribution is 0.0976. The van der Waals surface area contributed by atoms with Gasteiger partial charge in [0, 0.05) is 16.6 Å². The number of carbonyl (C=O) groups excluding carboxylic acids is 1. The van der Waals surface area contributed by atoms with E-state index >= 15 is 0 Å². The van der Waals surface area contributed by atoms with Crippen LogP contribution in [-0.2, 0) is 16.6 Å². The van der Waals surface area contributed by atoms with Crippen molar-refractivity contribution in [3.63, 3.8) is 0 Å². The van der Waals surface area contributed by atoms with Gasteiger partial charge < -0.3 is 9.30 Å². The van der Waals surface area contributed by atoms with E-state index in [-0.39, 0.29) is 5.69 Å². The van der Waals surface area contributed by atoms with Crippen molar-refractivity contribution in [2.45, 2.75) is 24.6 Å². The molecule has 0 unspecified atom stereocenters. The maximum Gasteiger partial charge on any atom is 0.283 e. The van der Waals surface area contributed by atoms with Crippen molar-refractivity contribution in [1.29, 1.82) is 0 Å². The van der Waals surface area contributed by atoms with Crippen molar-refractivity contribution >= 4 is 26.8 Å². The number of amides is 1. The number of benzene rings is 2. The molecular formula is C25H23N3O4S. The second-order valence-electron chi connectivity index (χ2n) is 8.10. The Balaban J connectivity index is 1.51. The van der Waals surface area contributed by atoms with Crippen LogP contribution in [-0.4, -0.2) is 36.2 Å². The van der Waals surface area contributed by atoms with Gasteiger partial charge in [0.25, 0.3) is 5.91 Å². The molecule has 1 N–H and O–H groups in total. The zero-order valence-electron chi connectivity index (χ0n) is 18.1. The topological polar surface area (TPSA) is 90.3 Å². The number of pyridine rings is 1. The summed E-state index contributed by atoms with van der Waals surface area (Å²) >= 11 is 0. The fourth-order valence-corrected chi connectivity index (χ4v) is 5.18. The number of hydrogen-bond acceptors (Lipinski definition) is 5. The van der Waals surface area contributed by atoms with Gasteiger partial charge in [0.2, 0.25) is 10.0 Å². The Kier molecular flexibility index (Phi) is 5.38. The number of fused-ring (bicyclic) bond motifs is 1. The molecule has 1 fully saturated rings. The molecule has 0 aliphatic heterocycles. The first kappa shape index (κ1) is 21.2. The van der Waals surface area contributed by atoms with E-state index in [1.165, 1.54) is 6.07 Å². The van der Waals surface area contributed by atoms with Crippen molar-refractivity contribution in [2.24, 2.45) is 0 Å². The summed E-state index contributed by atoms with van der Waals surface area (Å²) in [7, 11) is -1.99.